The van der Waals surface area contributed by atoms with Crippen LogP contribution in [0.3, 0.4) is 0 Å². The van der Waals surface area contributed by atoms with Gasteiger partial charge in [0.15, 0.2) is 5.65 Å². The maximum Gasteiger partial charge on any atom is 0.291 e. The molecule has 4 aromatic heterocycles. The summed E-state index contributed by atoms with van der Waals surface area (Å²) in [7, 11) is 1.83. The first-order valence-electron chi connectivity index (χ1n) is 8.28. The van der Waals surface area contributed by atoms with E-state index >= 15 is 0 Å². The highest BCUT2D eigenvalue weighted by Crippen LogP contribution is 2.31. The molecule has 27 heavy (non-hydrogen) atoms. The van der Waals surface area contributed by atoms with Gasteiger partial charge in [-0.1, -0.05) is 6.07 Å². The molecule has 0 radical (unpaired) electrons. The summed E-state index contributed by atoms with van der Waals surface area (Å²) in [5.74, 6) is 0. The highest BCUT2D eigenvalue weighted by atomic mass is 32.1. The summed E-state index contributed by atoms with van der Waals surface area (Å²) < 4.78 is 4.12. The van der Waals surface area contributed by atoms with E-state index in [-0.39, 0.29) is 5.56 Å². The highest BCUT2D eigenvalue weighted by molar-refractivity contribution is 7.19. The molecule has 0 atom stereocenters. The van der Waals surface area contributed by atoms with E-state index in [1.807, 2.05) is 25.2 Å². The fourth-order valence-corrected chi connectivity index (χ4v) is 4.13. The summed E-state index contributed by atoms with van der Waals surface area (Å²) in [5, 5.41) is 13.8. The lowest BCUT2D eigenvalue weighted by Gasteiger charge is -2.05. The van der Waals surface area contributed by atoms with Crippen LogP contribution in [0.2, 0.25) is 0 Å². The molecule has 0 fully saturated rings. The van der Waals surface area contributed by atoms with Crippen molar-refractivity contribution in [2.45, 2.75) is 13.0 Å². The number of pyridine rings is 1. The van der Waals surface area contributed by atoms with E-state index in [1.165, 1.54) is 22.2 Å². The predicted molar refractivity (Wildman–Crippen MR) is 106 cm³/mol. The van der Waals surface area contributed by atoms with Gasteiger partial charge in [-0.05, 0) is 24.4 Å². The van der Waals surface area contributed by atoms with E-state index in [2.05, 4.69) is 15.1 Å². The van der Waals surface area contributed by atoms with Crippen LogP contribution < -0.4 is 11.3 Å². The van der Waals surface area contributed by atoms with Gasteiger partial charge in [-0.15, -0.1) is 11.3 Å². The van der Waals surface area contributed by atoms with Gasteiger partial charge in [0.25, 0.3) is 5.56 Å². The molecule has 0 aliphatic carbocycles. The average molecular weight is 379 g/mol. The highest BCUT2D eigenvalue weighted by Gasteiger charge is 2.18. The Labute approximate surface area is 158 Å². The Morgan fingerprint density at radius 3 is 3.00 bits per heavy atom. The summed E-state index contributed by atoms with van der Waals surface area (Å²) in [6.45, 7) is 0.315. The van der Waals surface area contributed by atoms with Crippen molar-refractivity contribution in [3.05, 3.63) is 63.9 Å². The number of allylic oxidation sites excluding steroid dienone is 1. The topological polar surface area (TPSA) is 115 Å². The van der Waals surface area contributed by atoms with Crippen molar-refractivity contribution in [1.82, 2.24) is 24.3 Å². The zero-order valence-corrected chi connectivity index (χ0v) is 15.4. The van der Waals surface area contributed by atoms with Crippen molar-refractivity contribution in [2.75, 3.05) is 0 Å². The molecule has 3 N–H and O–H groups in total. The first-order chi connectivity index (χ1) is 13.1. The lowest BCUT2D eigenvalue weighted by molar-refractivity contribution is 0.633. The Morgan fingerprint density at radius 1 is 1.41 bits per heavy atom. The number of hydrogen-bond acceptors (Lipinski definition) is 7. The van der Waals surface area contributed by atoms with Gasteiger partial charge < -0.3 is 15.7 Å². The number of nitrogens with one attached hydrogen (secondary N) is 1. The molecule has 8 nitrogen and oxygen atoms in total. The number of aryl methyl sites for hydroxylation is 1. The number of hydrogen-bond donors (Lipinski definition) is 2. The maximum atomic E-state index is 12.9. The number of aromatic nitrogens is 5. The molecule has 4 aromatic rings. The third-order valence-corrected chi connectivity index (χ3v) is 5.32. The van der Waals surface area contributed by atoms with Crippen molar-refractivity contribution in [1.29, 1.82) is 5.41 Å². The Hall–Kier alpha value is -3.33. The molecule has 4 heterocycles. The van der Waals surface area contributed by atoms with Gasteiger partial charge in [0.1, 0.15) is 10.5 Å². The maximum absolute atomic E-state index is 12.9. The predicted octanol–water partition coefficient (Wildman–Crippen LogP) is 1.82. The van der Waals surface area contributed by atoms with E-state index in [1.54, 1.807) is 23.0 Å². The third-order valence-electron chi connectivity index (χ3n) is 4.25. The molecule has 0 unspecified atom stereocenters. The van der Waals surface area contributed by atoms with E-state index in [4.69, 9.17) is 11.1 Å². The van der Waals surface area contributed by atoms with Crippen LogP contribution in [0.1, 0.15) is 10.7 Å². The Balaban J connectivity index is 1.78. The van der Waals surface area contributed by atoms with Gasteiger partial charge in [0, 0.05) is 30.8 Å². The summed E-state index contributed by atoms with van der Waals surface area (Å²) in [6, 6.07) is 5.58. The quantitative estimate of drug-likeness (QED) is 0.513. The standard InChI is InChI=1S/C18H17N7OS/c1-24-15-13(16-17(24)23-14(27-16)8-11(20)5-6-19)9-22-25(18(15)26)10-12-4-2-3-7-21-12/h2-7,9,20H,8,10,19H2,1H3/b6-5-,20-11?. The Bertz CT molecular complexity index is 1230. The molecule has 0 spiro atoms. The van der Waals surface area contributed by atoms with Gasteiger partial charge in [-0.3, -0.25) is 9.78 Å². The minimum atomic E-state index is -0.175. The molecule has 136 valence electrons. The largest absolute Gasteiger partial charge is 0.405 e. The fraction of sp³-hybridized carbons (Fsp3) is 0.167. The number of nitrogens with two attached hydrogens (primary N) is 1. The van der Waals surface area contributed by atoms with Crippen molar-refractivity contribution in [3.8, 4) is 0 Å². The van der Waals surface area contributed by atoms with E-state index in [0.29, 0.717) is 24.2 Å². The van der Waals surface area contributed by atoms with E-state index in [9.17, 15) is 4.79 Å². The average Bonchev–Trinajstić information content (AvgIpc) is 3.17. The second-order valence-corrected chi connectivity index (χ2v) is 7.15. The van der Waals surface area contributed by atoms with Gasteiger partial charge in [-0.25, -0.2) is 9.67 Å². The molecule has 0 aliphatic rings. The second kappa shape index (κ2) is 6.76. The van der Waals surface area contributed by atoms with Gasteiger partial charge in [0.05, 0.1) is 23.1 Å². The smallest absolute Gasteiger partial charge is 0.291 e. The lowest BCUT2D eigenvalue weighted by atomic mass is 10.3. The first kappa shape index (κ1) is 17.1. The summed E-state index contributed by atoms with van der Waals surface area (Å²) in [5.41, 5.74) is 7.61. The molecule has 0 saturated heterocycles. The molecule has 0 aromatic carbocycles. The van der Waals surface area contributed by atoms with Crippen LogP contribution in [0, 0.1) is 5.41 Å². The van der Waals surface area contributed by atoms with E-state index in [0.717, 1.165) is 26.4 Å². The van der Waals surface area contributed by atoms with Gasteiger partial charge in [0.2, 0.25) is 0 Å². The van der Waals surface area contributed by atoms with Crippen molar-refractivity contribution < 1.29 is 0 Å². The third kappa shape index (κ3) is 3.02. The normalized spacial score (nSPS) is 11.7. The number of rotatable bonds is 5. The summed E-state index contributed by atoms with van der Waals surface area (Å²) in [6.07, 6.45) is 6.69. The zero-order valence-electron chi connectivity index (χ0n) is 14.6. The SMILES string of the molecule is Cn1c2nc(CC(=N)/C=C\N)sc2c2cnn(Cc3ccccn3)c(=O)c21. The van der Waals surface area contributed by atoms with Crippen molar-refractivity contribution in [3.63, 3.8) is 0 Å². The molecule has 0 bridgehead atoms. The van der Waals surface area contributed by atoms with Crippen LogP contribution in [0.5, 0.6) is 0 Å². The molecule has 9 heteroatoms. The minimum absolute atomic E-state index is 0.175. The first-order valence-corrected chi connectivity index (χ1v) is 9.09. The number of thiazole rings is 1. The van der Waals surface area contributed by atoms with Crippen LogP contribution in [-0.4, -0.2) is 30.0 Å². The van der Waals surface area contributed by atoms with Gasteiger partial charge in [-0.2, -0.15) is 5.10 Å². The van der Waals surface area contributed by atoms with Crippen molar-refractivity contribution in [2.24, 2.45) is 12.8 Å². The Morgan fingerprint density at radius 2 is 2.26 bits per heavy atom. The summed E-state index contributed by atoms with van der Waals surface area (Å²) in [4.78, 5) is 21.8. The van der Waals surface area contributed by atoms with Crippen LogP contribution >= 0.6 is 11.3 Å². The zero-order chi connectivity index (χ0) is 19.0. The fourth-order valence-electron chi connectivity index (χ4n) is 3.00. The minimum Gasteiger partial charge on any atom is -0.405 e. The van der Waals surface area contributed by atoms with Crippen LogP contribution in [-0.2, 0) is 20.0 Å². The molecule has 0 amide bonds. The molecular formula is C18H17N7OS. The van der Waals surface area contributed by atoms with Crippen molar-refractivity contribution >= 4 is 38.3 Å². The summed E-state index contributed by atoms with van der Waals surface area (Å²) >= 11 is 1.47. The second-order valence-electron chi connectivity index (χ2n) is 6.07. The number of nitrogens with zero attached hydrogens (tertiary/aromatic N) is 5. The van der Waals surface area contributed by atoms with Crippen LogP contribution in [0.15, 0.2) is 47.7 Å². The molecule has 4 rings (SSSR count). The lowest BCUT2D eigenvalue weighted by Crippen LogP contribution is -2.24. The number of fused-ring (bicyclic) bond motifs is 3. The van der Waals surface area contributed by atoms with Crippen LogP contribution in [0.4, 0.5) is 0 Å². The monoisotopic (exact) mass is 379 g/mol. The van der Waals surface area contributed by atoms with Gasteiger partial charge >= 0.3 is 0 Å². The van der Waals surface area contributed by atoms with Crippen LogP contribution in [0.25, 0.3) is 21.3 Å². The Kier molecular flexibility index (Phi) is 4.28. The molecule has 0 saturated carbocycles. The molecule has 0 aliphatic heterocycles. The molecular weight excluding hydrogens is 362 g/mol. The van der Waals surface area contributed by atoms with E-state index < -0.39 is 0 Å².